The monoisotopic (exact) mass is 292 g/mol. The number of fused-ring (bicyclic) bond motifs is 1. The molecule has 3 aromatic rings. The molecule has 2 heterocycles. The SMILES string of the molecule is Cc1cc2nc(N)sc2nc1Nc1ccc(F)cc1F. The lowest BCUT2D eigenvalue weighted by Crippen LogP contribution is -1.99. The van der Waals surface area contributed by atoms with Gasteiger partial charge in [0.1, 0.15) is 27.8 Å². The molecule has 0 aliphatic rings. The second-order valence-electron chi connectivity index (χ2n) is 4.28. The van der Waals surface area contributed by atoms with Crippen molar-refractivity contribution in [2.24, 2.45) is 0 Å². The second-order valence-corrected chi connectivity index (χ2v) is 5.29. The van der Waals surface area contributed by atoms with Crippen LogP contribution in [-0.2, 0) is 0 Å². The lowest BCUT2D eigenvalue weighted by molar-refractivity contribution is 0.586. The second kappa shape index (κ2) is 4.68. The van der Waals surface area contributed by atoms with Crippen molar-refractivity contribution in [3.05, 3.63) is 41.5 Å². The topological polar surface area (TPSA) is 63.8 Å². The van der Waals surface area contributed by atoms with E-state index in [4.69, 9.17) is 5.73 Å². The van der Waals surface area contributed by atoms with Gasteiger partial charge in [-0.05, 0) is 30.7 Å². The molecule has 0 unspecified atom stereocenters. The Morgan fingerprint density at radius 3 is 2.75 bits per heavy atom. The van der Waals surface area contributed by atoms with Crippen molar-refractivity contribution in [1.82, 2.24) is 9.97 Å². The van der Waals surface area contributed by atoms with E-state index in [0.29, 0.717) is 21.3 Å². The molecule has 0 spiro atoms. The zero-order valence-corrected chi connectivity index (χ0v) is 11.3. The number of rotatable bonds is 2. The number of aromatic nitrogens is 2. The Balaban J connectivity index is 2.03. The van der Waals surface area contributed by atoms with Crippen LogP contribution in [0.3, 0.4) is 0 Å². The summed E-state index contributed by atoms with van der Waals surface area (Å²) in [6, 6.07) is 5.15. The lowest BCUT2D eigenvalue weighted by Gasteiger charge is -2.09. The number of nitrogens with one attached hydrogen (secondary N) is 1. The van der Waals surface area contributed by atoms with Crippen molar-refractivity contribution in [2.45, 2.75) is 6.92 Å². The van der Waals surface area contributed by atoms with Crippen molar-refractivity contribution in [3.63, 3.8) is 0 Å². The maximum atomic E-state index is 13.6. The van der Waals surface area contributed by atoms with Crippen LogP contribution in [0.5, 0.6) is 0 Å². The minimum atomic E-state index is -0.671. The third-order valence-electron chi connectivity index (χ3n) is 2.78. The van der Waals surface area contributed by atoms with Crippen molar-refractivity contribution in [2.75, 3.05) is 11.1 Å². The summed E-state index contributed by atoms with van der Waals surface area (Å²) in [5.74, 6) is -0.801. The van der Waals surface area contributed by atoms with Gasteiger partial charge >= 0.3 is 0 Å². The summed E-state index contributed by atoms with van der Waals surface area (Å²) in [7, 11) is 0. The lowest BCUT2D eigenvalue weighted by atomic mass is 10.2. The minimum absolute atomic E-state index is 0.166. The predicted octanol–water partition coefficient (Wildman–Crippen LogP) is 3.60. The van der Waals surface area contributed by atoms with Crippen molar-refractivity contribution in [1.29, 1.82) is 0 Å². The molecule has 0 fully saturated rings. The molecule has 0 radical (unpaired) electrons. The quantitative estimate of drug-likeness (QED) is 0.757. The average Bonchev–Trinajstić information content (AvgIpc) is 2.72. The van der Waals surface area contributed by atoms with Crippen LogP contribution in [0.2, 0.25) is 0 Å². The molecule has 3 N–H and O–H groups in total. The highest BCUT2D eigenvalue weighted by atomic mass is 32.1. The number of nitrogen functional groups attached to an aromatic ring is 1. The number of thiazole rings is 1. The van der Waals surface area contributed by atoms with Gasteiger partial charge in [-0.25, -0.2) is 18.7 Å². The van der Waals surface area contributed by atoms with Gasteiger partial charge < -0.3 is 11.1 Å². The molecule has 3 rings (SSSR count). The Hall–Kier alpha value is -2.28. The molecule has 4 nitrogen and oxygen atoms in total. The van der Waals surface area contributed by atoms with Gasteiger partial charge in [0, 0.05) is 6.07 Å². The van der Waals surface area contributed by atoms with Gasteiger partial charge in [-0.3, -0.25) is 0 Å². The third-order valence-corrected chi connectivity index (χ3v) is 3.57. The van der Waals surface area contributed by atoms with Gasteiger partial charge in [0.2, 0.25) is 0 Å². The summed E-state index contributed by atoms with van der Waals surface area (Å²) in [4.78, 5) is 9.16. The molecule has 0 aliphatic heterocycles. The fourth-order valence-corrected chi connectivity index (χ4v) is 2.51. The van der Waals surface area contributed by atoms with Gasteiger partial charge in [0.25, 0.3) is 0 Å². The molecular formula is C13H10F2N4S. The number of nitrogens with zero attached hydrogens (tertiary/aromatic N) is 2. The zero-order valence-electron chi connectivity index (χ0n) is 10.4. The van der Waals surface area contributed by atoms with Crippen LogP contribution >= 0.6 is 11.3 Å². The van der Waals surface area contributed by atoms with E-state index >= 15 is 0 Å². The molecule has 0 amide bonds. The van der Waals surface area contributed by atoms with E-state index in [-0.39, 0.29) is 5.69 Å². The fourth-order valence-electron chi connectivity index (χ4n) is 1.82. The summed E-state index contributed by atoms with van der Waals surface area (Å²) < 4.78 is 26.5. The number of hydrogen-bond donors (Lipinski definition) is 2. The molecule has 1 aromatic carbocycles. The summed E-state index contributed by atoms with van der Waals surface area (Å²) in [6.45, 7) is 1.83. The Labute approximate surface area is 117 Å². The van der Waals surface area contributed by atoms with Gasteiger partial charge in [0.05, 0.1) is 5.69 Å². The number of halogens is 2. The smallest absolute Gasteiger partial charge is 0.182 e. The van der Waals surface area contributed by atoms with Gasteiger partial charge in [-0.1, -0.05) is 11.3 Å². The molecule has 7 heteroatoms. The van der Waals surface area contributed by atoms with Crippen LogP contribution in [0.25, 0.3) is 10.3 Å². The van der Waals surface area contributed by atoms with Crippen molar-refractivity contribution in [3.8, 4) is 0 Å². The summed E-state index contributed by atoms with van der Waals surface area (Å²) >= 11 is 1.25. The van der Waals surface area contributed by atoms with Gasteiger partial charge in [-0.2, -0.15) is 0 Å². The van der Waals surface area contributed by atoms with E-state index in [1.54, 1.807) is 0 Å². The van der Waals surface area contributed by atoms with E-state index in [2.05, 4.69) is 15.3 Å². The Kier molecular flexibility index (Phi) is 2.98. The first kappa shape index (κ1) is 12.7. The summed E-state index contributed by atoms with van der Waals surface area (Å²) in [5.41, 5.74) is 7.30. The van der Waals surface area contributed by atoms with Crippen molar-refractivity contribution >= 4 is 38.3 Å². The normalized spacial score (nSPS) is 10.9. The van der Waals surface area contributed by atoms with Crippen LogP contribution in [0.1, 0.15) is 5.56 Å². The number of aryl methyl sites for hydroxylation is 1. The molecule has 2 aromatic heterocycles. The van der Waals surface area contributed by atoms with Crippen molar-refractivity contribution < 1.29 is 8.78 Å². The van der Waals surface area contributed by atoms with Crippen LogP contribution < -0.4 is 11.1 Å². The average molecular weight is 292 g/mol. The molecule has 20 heavy (non-hydrogen) atoms. The van der Waals surface area contributed by atoms with E-state index in [1.807, 2.05) is 13.0 Å². The van der Waals surface area contributed by atoms with Gasteiger partial charge in [-0.15, -0.1) is 0 Å². The highest BCUT2D eigenvalue weighted by molar-refractivity contribution is 7.21. The highest BCUT2D eigenvalue weighted by Crippen LogP contribution is 2.28. The number of anilines is 3. The molecule has 0 saturated carbocycles. The maximum absolute atomic E-state index is 13.6. The summed E-state index contributed by atoms with van der Waals surface area (Å²) in [5, 5.41) is 3.28. The number of hydrogen-bond acceptors (Lipinski definition) is 5. The Morgan fingerprint density at radius 1 is 1.20 bits per heavy atom. The van der Waals surface area contributed by atoms with E-state index in [9.17, 15) is 8.78 Å². The predicted molar refractivity (Wildman–Crippen MR) is 76.2 cm³/mol. The van der Waals surface area contributed by atoms with Crippen LogP contribution in [0.4, 0.5) is 25.4 Å². The largest absolute Gasteiger partial charge is 0.375 e. The first-order valence-corrected chi connectivity index (χ1v) is 6.60. The molecule has 102 valence electrons. The van der Waals surface area contributed by atoms with E-state index in [1.165, 1.54) is 23.5 Å². The van der Waals surface area contributed by atoms with E-state index < -0.39 is 11.6 Å². The van der Waals surface area contributed by atoms with Crippen LogP contribution in [-0.4, -0.2) is 9.97 Å². The van der Waals surface area contributed by atoms with Gasteiger partial charge in [0.15, 0.2) is 5.13 Å². The first-order valence-electron chi connectivity index (χ1n) is 5.78. The molecule has 0 bridgehead atoms. The standard InChI is InChI=1S/C13H10F2N4S/c1-6-4-10-12(20-13(16)18-10)19-11(6)17-9-3-2-7(14)5-8(9)15/h2-5H,1H3,(H2,16,18)(H,17,19). The van der Waals surface area contributed by atoms with E-state index in [0.717, 1.165) is 11.6 Å². The molecule has 0 aliphatic carbocycles. The Morgan fingerprint density at radius 2 is 2.00 bits per heavy atom. The molecule has 0 saturated heterocycles. The fraction of sp³-hybridized carbons (Fsp3) is 0.0769. The molecule has 0 atom stereocenters. The zero-order chi connectivity index (χ0) is 14.3. The maximum Gasteiger partial charge on any atom is 0.182 e. The molecular weight excluding hydrogens is 282 g/mol. The van der Waals surface area contributed by atoms with Crippen LogP contribution in [0.15, 0.2) is 24.3 Å². The highest BCUT2D eigenvalue weighted by Gasteiger charge is 2.10. The number of benzene rings is 1. The minimum Gasteiger partial charge on any atom is -0.375 e. The summed E-state index contributed by atoms with van der Waals surface area (Å²) in [6.07, 6.45) is 0. The number of pyridine rings is 1. The Bertz CT molecular complexity index is 800. The first-order chi connectivity index (χ1) is 9.52. The third kappa shape index (κ3) is 2.27. The number of nitrogens with two attached hydrogens (primary N) is 1. The van der Waals surface area contributed by atoms with Crippen LogP contribution in [0, 0.1) is 18.6 Å².